The lowest BCUT2D eigenvalue weighted by Crippen LogP contribution is -2.28. The Hall–Kier alpha value is -3.35. The normalized spacial score (nSPS) is 10.2. The molecule has 154 valence electrons. The van der Waals surface area contributed by atoms with Crippen LogP contribution in [0.3, 0.4) is 0 Å². The molecule has 1 amide bonds. The standard InChI is InChI=1S/C22H25NO6/c1-4-27-21(25)17-10-18(22(26)28-5-2)12-19(11-17)29-14-20(24)23-13-16-9-7-6-8-15(16)3/h6-12H,4-5,13-14H2,1-3H3,(H,23,24). The van der Waals surface area contributed by atoms with E-state index in [0.29, 0.717) is 6.54 Å². The molecule has 2 aromatic carbocycles. The molecule has 29 heavy (non-hydrogen) atoms. The van der Waals surface area contributed by atoms with Crippen molar-refractivity contribution in [2.24, 2.45) is 0 Å². The summed E-state index contributed by atoms with van der Waals surface area (Å²) >= 11 is 0. The molecule has 0 saturated heterocycles. The Morgan fingerprint density at radius 3 is 2.03 bits per heavy atom. The highest BCUT2D eigenvalue weighted by molar-refractivity contribution is 5.96. The van der Waals surface area contributed by atoms with Crippen molar-refractivity contribution in [3.05, 3.63) is 64.7 Å². The Balaban J connectivity index is 2.05. The second-order valence-corrected chi connectivity index (χ2v) is 6.18. The number of carbonyl (C=O) groups is 3. The number of ether oxygens (including phenoxy) is 3. The van der Waals surface area contributed by atoms with Gasteiger partial charge in [0.25, 0.3) is 5.91 Å². The molecule has 2 aromatic rings. The van der Waals surface area contributed by atoms with Crippen molar-refractivity contribution in [1.82, 2.24) is 5.32 Å². The van der Waals surface area contributed by atoms with E-state index in [-0.39, 0.29) is 42.6 Å². The molecule has 0 aliphatic carbocycles. The first-order chi connectivity index (χ1) is 13.9. The van der Waals surface area contributed by atoms with Crippen LogP contribution >= 0.6 is 0 Å². The smallest absolute Gasteiger partial charge is 0.338 e. The molecule has 7 nitrogen and oxygen atoms in total. The monoisotopic (exact) mass is 399 g/mol. The van der Waals surface area contributed by atoms with Gasteiger partial charge in [0, 0.05) is 6.54 Å². The van der Waals surface area contributed by atoms with Gasteiger partial charge in [0.2, 0.25) is 0 Å². The molecule has 0 aliphatic heterocycles. The van der Waals surface area contributed by atoms with Gasteiger partial charge < -0.3 is 19.5 Å². The van der Waals surface area contributed by atoms with E-state index in [2.05, 4.69) is 5.32 Å². The van der Waals surface area contributed by atoms with Crippen LogP contribution in [0.5, 0.6) is 5.75 Å². The van der Waals surface area contributed by atoms with Gasteiger partial charge in [0.1, 0.15) is 5.75 Å². The summed E-state index contributed by atoms with van der Waals surface area (Å²) in [6, 6.07) is 12.0. The van der Waals surface area contributed by atoms with Crippen LogP contribution in [0.4, 0.5) is 0 Å². The molecule has 0 spiro atoms. The van der Waals surface area contributed by atoms with Crippen LogP contribution in [0.25, 0.3) is 0 Å². The molecule has 0 fully saturated rings. The Bertz CT molecular complexity index is 841. The van der Waals surface area contributed by atoms with Gasteiger partial charge in [-0.1, -0.05) is 24.3 Å². The van der Waals surface area contributed by atoms with Gasteiger partial charge in [-0.05, 0) is 50.1 Å². The molecule has 0 unspecified atom stereocenters. The number of rotatable bonds is 9. The molecule has 0 atom stereocenters. The minimum Gasteiger partial charge on any atom is -0.484 e. The van der Waals surface area contributed by atoms with Crippen LogP contribution in [0.2, 0.25) is 0 Å². The van der Waals surface area contributed by atoms with Gasteiger partial charge in [-0.3, -0.25) is 4.79 Å². The van der Waals surface area contributed by atoms with Gasteiger partial charge >= 0.3 is 11.9 Å². The molecule has 0 aromatic heterocycles. The van der Waals surface area contributed by atoms with Gasteiger partial charge in [-0.25, -0.2) is 9.59 Å². The Labute approximate surface area is 170 Å². The number of hydrogen-bond donors (Lipinski definition) is 1. The van der Waals surface area contributed by atoms with Crippen LogP contribution in [0.1, 0.15) is 45.7 Å². The van der Waals surface area contributed by atoms with Gasteiger partial charge in [-0.2, -0.15) is 0 Å². The van der Waals surface area contributed by atoms with Gasteiger partial charge in [0.05, 0.1) is 24.3 Å². The summed E-state index contributed by atoms with van der Waals surface area (Å²) in [6.07, 6.45) is 0. The summed E-state index contributed by atoms with van der Waals surface area (Å²) in [5.41, 5.74) is 2.38. The highest BCUT2D eigenvalue weighted by Crippen LogP contribution is 2.19. The second kappa shape index (κ2) is 10.8. The Morgan fingerprint density at radius 1 is 0.897 bits per heavy atom. The van der Waals surface area contributed by atoms with Crippen LogP contribution in [0.15, 0.2) is 42.5 Å². The van der Waals surface area contributed by atoms with Crippen molar-refractivity contribution in [3.63, 3.8) is 0 Å². The van der Waals surface area contributed by atoms with E-state index >= 15 is 0 Å². The van der Waals surface area contributed by atoms with Crippen molar-refractivity contribution in [2.45, 2.75) is 27.3 Å². The average Bonchev–Trinajstić information content (AvgIpc) is 2.71. The highest BCUT2D eigenvalue weighted by Gasteiger charge is 2.16. The van der Waals surface area contributed by atoms with Crippen molar-refractivity contribution < 1.29 is 28.6 Å². The van der Waals surface area contributed by atoms with Crippen LogP contribution in [0, 0.1) is 6.92 Å². The quantitative estimate of drug-likeness (QED) is 0.652. The van der Waals surface area contributed by atoms with Crippen molar-refractivity contribution >= 4 is 17.8 Å². The first-order valence-corrected chi connectivity index (χ1v) is 9.38. The lowest BCUT2D eigenvalue weighted by molar-refractivity contribution is -0.123. The maximum atomic E-state index is 12.1. The highest BCUT2D eigenvalue weighted by atomic mass is 16.5. The number of amides is 1. The summed E-state index contributed by atoms with van der Waals surface area (Å²) in [4.78, 5) is 36.2. The summed E-state index contributed by atoms with van der Waals surface area (Å²) < 4.78 is 15.4. The fourth-order valence-corrected chi connectivity index (χ4v) is 2.55. The third-order valence-electron chi connectivity index (χ3n) is 4.04. The Kier molecular flexibility index (Phi) is 8.21. The molecule has 0 saturated carbocycles. The number of nitrogens with one attached hydrogen (secondary N) is 1. The summed E-state index contributed by atoms with van der Waals surface area (Å²) in [6.45, 7) is 5.84. The number of carbonyl (C=O) groups excluding carboxylic acids is 3. The topological polar surface area (TPSA) is 90.9 Å². The fraction of sp³-hybridized carbons (Fsp3) is 0.318. The number of benzene rings is 2. The zero-order valence-electron chi connectivity index (χ0n) is 16.8. The predicted molar refractivity (Wildman–Crippen MR) is 107 cm³/mol. The zero-order valence-corrected chi connectivity index (χ0v) is 16.8. The largest absolute Gasteiger partial charge is 0.484 e. The second-order valence-electron chi connectivity index (χ2n) is 6.18. The van der Waals surface area contributed by atoms with E-state index < -0.39 is 11.9 Å². The average molecular weight is 399 g/mol. The molecule has 0 radical (unpaired) electrons. The molecule has 7 heteroatoms. The molecule has 1 N–H and O–H groups in total. The SMILES string of the molecule is CCOC(=O)c1cc(OCC(=O)NCc2ccccc2C)cc(C(=O)OCC)c1. The summed E-state index contributed by atoms with van der Waals surface area (Å²) in [5, 5.41) is 2.78. The lowest BCUT2D eigenvalue weighted by Gasteiger charge is -2.11. The first kappa shape index (κ1) is 21.9. The molecular formula is C22H25NO6. The molecule has 2 rings (SSSR count). The van der Waals surface area contributed by atoms with E-state index in [1.165, 1.54) is 18.2 Å². The number of hydrogen-bond acceptors (Lipinski definition) is 6. The van der Waals surface area contributed by atoms with Crippen molar-refractivity contribution in [1.29, 1.82) is 0 Å². The zero-order chi connectivity index (χ0) is 21.2. The van der Waals surface area contributed by atoms with E-state index in [4.69, 9.17) is 14.2 Å². The maximum absolute atomic E-state index is 12.1. The third-order valence-corrected chi connectivity index (χ3v) is 4.04. The van der Waals surface area contributed by atoms with E-state index in [1.54, 1.807) is 13.8 Å². The molecule has 0 heterocycles. The van der Waals surface area contributed by atoms with Crippen LogP contribution in [-0.2, 0) is 20.8 Å². The van der Waals surface area contributed by atoms with Crippen LogP contribution in [-0.4, -0.2) is 37.7 Å². The number of aryl methyl sites for hydroxylation is 1. The maximum Gasteiger partial charge on any atom is 0.338 e. The molecular weight excluding hydrogens is 374 g/mol. The van der Waals surface area contributed by atoms with E-state index in [9.17, 15) is 14.4 Å². The minimum absolute atomic E-state index is 0.146. The van der Waals surface area contributed by atoms with Crippen molar-refractivity contribution in [3.8, 4) is 5.75 Å². The predicted octanol–water partition coefficient (Wildman–Crippen LogP) is 3.04. The van der Waals surface area contributed by atoms with E-state index in [0.717, 1.165) is 11.1 Å². The molecule has 0 bridgehead atoms. The summed E-state index contributed by atoms with van der Waals surface area (Å²) in [5.74, 6) is -1.31. The van der Waals surface area contributed by atoms with Gasteiger partial charge in [-0.15, -0.1) is 0 Å². The third kappa shape index (κ3) is 6.64. The molecule has 0 aliphatic rings. The fourth-order valence-electron chi connectivity index (χ4n) is 2.55. The summed E-state index contributed by atoms with van der Waals surface area (Å²) in [7, 11) is 0. The van der Waals surface area contributed by atoms with Gasteiger partial charge in [0.15, 0.2) is 6.61 Å². The van der Waals surface area contributed by atoms with Crippen molar-refractivity contribution in [2.75, 3.05) is 19.8 Å². The Morgan fingerprint density at radius 2 is 1.48 bits per heavy atom. The van der Waals surface area contributed by atoms with Crippen LogP contribution < -0.4 is 10.1 Å². The number of esters is 2. The lowest BCUT2D eigenvalue weighted by atomic mass is 10.1. The first-order valence-electron chi connectivity index (χ1n) is 9.38. The van der Waals surface area contributed by atoms with E-state index in [1.807, 2.05) is 31.2 Å². The minimum atomic E-state index is -0.590.